The number of carbonyl (C=O) groups excluding carboxylic acids is 1. The number of anilines is 1. The monoisotopic (exact) mass is 376 g/mol. The number of hydrogen-bond donors (Lipinski definition) is 1. The van der Waals surface area contributed by atoms with Crippen molar-refractivity contribution >= 4 is 39.1 Å². The summed E-state index contributed by atoms with van der Waals surface area (Å²) in [5.41, 5.74) is 1.85. The van der Waals surface area contributed by atoms with Crippen molar-refractivity contribution in [2.45, 2.75) is 0 Å². The number of rotatable bonds is 3. The molecule has 1 aromatic carbocycles. The van der Waals surface area contributed by atoms with Gasteiger partial charge in [-0.05, 0) is 46.3 Å². The molecule has 2 heterocycles. The van der Waals surface area contributed by atoms with Crippen molar-refractivity contribution in [1.29, 1.82) is 0 Å². The molecule has 0 saturated carbocycles. The quantitative estimate of drug-likeness (QED) is 0.703. The topological polar surface area (TPSA) is 59.8 Å². The molecule has 0 bridgehead atoms. The van der Waals surface area contributed by atoms with E-state index in [1.54, 1.807) is 41.3 Å². The van der Waals surface area contributed by atoms with Crippen LogP contribution in [-0.2, 0) is 0 Å². The number of nitrogens with zero attached hydrogens (tertiary/aromatic N) is 3. The van der Waals surface area contributed by atoms with Crippen LogP contribution in [0, 0.1) is 0 Å². The Bertz CT molecular complexity index is 816. The van der Waals surface area contributed by atoms with Crippen molar-refractivity contribution in [1.82, 2.24) is 14.8 Å². The number of benzene rings is 1. The van der Waals surface area contributed by atoms with E-state index in [4.69, 9.17) is 11.6 Å². The van der Waals surface area contributed by atoms with Crippen LogP contribution in [0.15, 0.2) is 59.6 Å². The molecule has 1 N–H and O–H groups in total. The third-order valence-electron chi connectivity index (χ3n) is 2.90. The fourth-order valence-corrected chi connectivity index (χ4v) is 2.27. The normalized spacial score (nSPS) is 10.5. The number of hydrogen-bond acceptors (Lipinski definition) is 3. The largest absolute Gasteiger partial charge is 0.320 e. The predicted molar refractivity (Wildman–Crippen MR) is 88.5 cm³/mol. The van der Waals surface area contributed by atoms with Gasteiger partial charge < -0.3 is 5.32 Å². The Morgan fingerprint density at radius 1 is 1.23 bits per heavy atom. The average Bonchev–Trinajstić information content (AvgIpc) is 3.00. The molecule has 3 rings (SSSR count). The molecule has 0 atom stereocenters. The molecule has 0 aliphatic carbocycles. The van der Waals surface area contributed by atoms with Crippen LogP contribution in [-0.4, -0.2) is 20.7 Å². The number of aromatic nitrogens is 3. The summed E-state index contributed by atoms with van der Waals surface area (Å²) in [5.74, 6) is -0.252. The summed E-state index contributed by atoms with van der Waals surface area (Å²) < 4.78 is 2.31. The van der Waals surface area contributed by atoms with Gasteiger partial charge in [-0.3, -0.25) is 4.79 Å². The first-order valence-electron chi connectivity index (χ1n) is 6.35. The molecule has 110 valence electrons. The second-order valence-corrected chi connectivity index (χ2v) is 5.73. The molecule has 0 spiro atoms. The minimum atomic E-state index is -0.252. The Hall–Kier alpha value is -2.18. The van der Waals surface area contributed by atoms with Crippen LogP contribution in [0.4, 0.5) is 5.69 Å². The van der Waals surface area contributed by atoms with E-state index in [2.05, 4.69) is 31.3 Å². The maximum atomic E-state index is 12.2. The van der Waals surface area contributed by atoms with Crippen LogP contribution in [0.5, 0.6) is 0 Å². The summed E-state index contributed by atoms with van der Waals surface area (Å²) in [6.45, 7) is 0. The highest BCUT2D eigenvalue weighted by Gasteiger charge is 2.10. The molecule has 0 radical (unpaired) electrons. The summed E-state index contributed by atoms with van der Waals surface area (Å²) in [6.07, 6.45) is 4.72. The summed E-state index contributed by atoms with van der Waals surface area (Å²) in [6, 6.07) is 10.8. The van der Waals surface area contributed by atoms with Crippen LogP contribution in [0.25, 0.3) is 5.69 Å². The molecular formula is C15H10BrClN4O. The van der Waals surface area contributed by atoms with Gasteiger partial charge in [-0.25, -0.2) is 9.67 Å². The highest BCUT2D eigenvalue weighted by Crippen LogP contribution is 2.16. The minimum Gasteiger partial charge on any atom is -0.320 e. The van der Waals surface area contributed by atoms with E-state index in [0.29, 0.717) is 20.9 Å². The first-order chi connectivity index (χ1) is 10.6. The standard InChI is InChI=1S/C15H10BrClN4O/c16-14-5-4-12(8-18-14)20-15(22)10-7-19-21(9-10)13-3-1-2-11(17)6-13/h1-9H,(H,20,22). The lowest BCUT2D eigenvalue weighted by atomic mass is 10.3. The van der Waals surface area contributed by atoms with Crippen molar-refractivity contribution in [3.8, 4) is 5.69 Å². The van der Waals surface area contributed by atoms with Gasteiger partial charge >= 0.3 is 0 Å². The second kappa shape index (κ2) is 6.29. The number of pyridine rings is 1. The van der Waals surface area contributed by atoms with Crippen LogP contribution in [0.3, 0.4) is 0 Å². The molecule has 5 nitrogen and oxygen atoms in total. The van der Waals surface area contributed by atoms with E-state index in [1.807, 2.05) is 12.1 Å². The van der Waals surface area contributed by atoms with Gasteiger partial charge in [0.05, 0.1) is 29.3 Å². The zero-order valence-electron chi connectivity index (χ0n) is 11.2. The Balaban J connectivity index is 1.78. The molecule has 0 fully saturated rings. The van der Waals surface area contributed by atoms with Gasteiger partial charge in [-0.1, -0.05) is 17.7 Å². The van der Waals surface area contributed by atoms with Gasteiger partial charge in [0.25, 0.3) is 5.91 Å². The molecule has 0 saturated heterocycles. The Kier molecular flexibility index (Phi) is 4.22. The zero-order chi connectivity index (χ0) is 15.5. The Labute approximate surface area is 140 Å². The lowest BCUT2D eigenvalue weighted by Crippen LogP contribution is -2.11. The van der Waals surface area contributed by atoms with E-state index in [-0.39, 0.29) is 5.91 Å². The van der Waals surface area contributed by atoms with Crippen LogP contribution < -0.4 is 5.32 Å². The minimum absolute atomic E-state index is 0.252. The fraction of sp³-hybridized carbons (Fsp3) is 0. The molecule has 1 amide bonds. The second-order valence-electron chi connectivity index (χ2n) is 4.48. The molecule has 2 aromatic heterocycles. The first kappa shape index (κ1) is 14.7. The zero-order valence-corrected chi connectivity index (χ0v) is 13.5. The molecule has 0 aliphatic rings. The fourth-order valence-electron chi connectivity index (χ4n) is 1.85. The molecule has 0 unspecified atom stereocenters. The smallest absolute Gasteiger partial charge is 0.258 e. The van der Waals surface area contributed by atoms with Crippen LogP contribution >= 0.6 is 27.5 Å². The molecule has 3 aromatic rings. The van der Waals surface area contributed by atoms with Gasteiger partial charge in [0.15, 0.2) is 0 Å². The van der Waals surface area contributed by atoms with E-state index < -0.39 is 0 Å². The van der Waals surface area contributed by atoms with Crippen molar-refractivity contribution in [2.24, 2.45) is 0 Å². The van der Waals surface area contributed by atoms with Crippen molar-refractivity contribution in [3.05, 3.63) is 70.2 Å². The first-order valence-corrected chi connectivity index (χ1v) is 7.52. The van der Waals surface area contributed by atoms with Crippen molar-refractivity contribution in [3.63, 3.8) is 0 Å². The molecular weight excluding hydrogens is 368 g/mol. The lowest BCUT2D eigenvalue weighted by molar-refractivity contribution is 0.102. The average molecular weight is 378 g/mol. The Morgan fingerprint density at radius 2 is 2.09 bits per heavy atom. The molecule has 22 heavy (non-hydrogen) atoms. The van der Waals surface area contributed by atoms with E-state index in [0.717, 1.165) is 5.69 Å². The van der Waals surface area contributed by atoms with Gasteiger partial charge in [0.1, 0.15) is 4.60 Å². The van der Waals surface area contributed by atoms with Gasteiger partial charge in [0.2, 0.25) is 0 Å². The van der Waals surface area contributed by atoms with Crippen LogP contribution in [0.1, 0.15) is 10.4 Å². The number of amides is 1. The van der Waals surface area contributed by atoms with Crippen molar-refractivity contribution in [2.75, 3.05) is 5.32 Å². The van der Waals surface area contributed by atoms with Crippen molar-refractivity contribution < 1.29 is 4.79 Å². The van der Waals surface area contributed by atoms with E-state index >= 15 is 0 Å². The maximum absolute atomic E-state index is 12.2. The summed E-state index contributed by atoms with van der Waals surface area (Å²) >= 11 is 9.20. The van der Waals surface area contributed by atoms with Gasteiger partial charge in [-0.2, -0.15) is 5.10 Å². The van der Waals surface area contributed by atoms with E-state index in [9.17, 15) is 4.79 Å². The van der Waals surface area contributed by atoms with Gasteiger partial charge in [-0.15, -0.1) is 0 Å². The predicted octanol–water partition coefficient (Wildman–Crippen LogP) is 3.94. The highest BCUT2D eigenvalue weighted by atomic mass is 79.9. The van der Waals surface area contributed by atoms with Crippen LogP contribution in [0.2, 0.25) is 5.02 Å². The summed E-state index contributed by atoms with van der Waals surface area (Å²) in [7, 11) is 0. The number of halogens is 2. The van der Waals surface area contributed by atoms with E-state index in [1.165, 1.54) is 6.20 Å². The third-order valence-corrected chi connectivity index (χ3v) is 3.61. The lowest BCUT2D eigenvalue weighted by Gasteiger charge is -2.03. The molecule has 0 aliphatic heterocycles. The summed E-state index contributed by atoms with van der Waals surface area (Å²) in [5, 5.41) is 7.55. The highest BCUT2D eigenvalue weighted by molar-refractivity contribution is 9.10. The summed E-state index contributed by atoms with van der Waals surface area (Å²) in [4.78, 5) is 16.2. The molecule has 7 heteroatoms. The Morgan fingerprint density at radius 3 is 2.82 bits per heavy atom. The number of carbonyl (C=O) groups is 1. The third kappa shape index (κ3) is 3.35. The SMILES string of the molecule is O=C(Nc1ccc(Br)nc1)c1cnn(-c2cccc(Cl)c2)c1. The van der Waals surface area contributed by atoms with Gasteiger partial charge in [0, 0.05) is 11.2 Å². The number of nitrogens with one attached hydrogen (secondary N) is 1. The maximum Gasteiger partial charge on any atom is 0.258 e.